The van der Waals surface area contributed by atoms with E-state index in [0.29, 0.717) is 42.3 Å². The highest BCUT2D eigenvalue weighted by atomic mass is 19.1. The van der Waals surface area contributed by atoms with Crippen molar-refractivity contribution in [3.8, 4) is 16.9 Å². The molecule has 1 aromatic carbocycles. The number of fused-ring (bicyclic) bond motifs is 1. The van der Waals surface area contributed by atoms with Crippen LogP contribution in [-0.2, 0) is 27.8 Å². The number of aryl methyl sites for hydroxylation is 1. The molecule has 0 radical (unpaired) electrons. The van der Waals surface area contributed by atoms with E-state index in [1.165, 1.54) is 24.4 Å². The third-order valence-electron chi connectivity index (χ3n) is 7.77. The Hall–Kier alpha value is -4.39. The van der Waals surface area contributed by atoms with Gasteiger partial charge in [0.1, 0.15) is 17.7 Å². The van der Waals surface area contributed by atoms with Crippen molar-refractivity contribution in [2.24, 2.45) is 13.0 Å². The summed E-state index contributed by atoms with van der Waals surface area (Å²) in [6.07, 6.45) is 4.66. The molecule has 0 bridgehead atoms. The number of aromatic nitrogens is 6. The summed E-state index contributed by atoms with van der Waals surface area (Å²) in [7, 11) is 3.44. The minimum absolute atomic E-state index is 0.0273. The minimum Gasteiger partial charge on any atom is -0.383 e. The minimum atomic E-state index is -0.605. The first-order chi connectivity index (χ1) is 20.8. The Kier molecular flexibility index (Phi) is 8.06. The monoisotopic (exact) mass is 587 g/mol. The standard InChI is InChI=1S/C31H31F2N7O3/c1-19-27(15-26(41)13-23-18-39(10-11-42-3)43-30(23)20-8-9-34-28(33)14-20)40(25-6-4-24(32)5-7-25)37-29(19)21-12-22-17-36-38(2)31(22)35-16-21/h4-9,12,14,16-17,23,30H,10-11,13,15,18H2,1-3H3/t23-,30+/m1/s1. The smallest absolute Gasteiger partial charge is 0.213 e. The topological polar surface area (TPSA) is 100 Å². The van der Waals surface area contributed by atoms with Crippen LogP contribution >= 0.6 is 0 Å². The molecule has 1 aliphatic rings. The van der Waals surface area contributed by atoms with Crippen molar-refractivity contribution in [2.75, 3.05) is 26.8 Å². The van der Waals surface area contributed by atoms with E-state index >= 15 is 0 Å². The SMILES string of the molecule is COCCN1C[C@@H](CC(=O)Cc2c(C)c(-c3cnc4c(cnn4C)c3)nn2-c2ccc(F)cc2)[C@H](c2ccnc(F)c2)O1. The van der Waals surface area contributed by atoms with Gasteiger partial charge in [-0.25, -0.2) is 19.0 Å². The van der Waals surface area contributed by atoms with E-state index in [0.717, 1.165) is 22.2 Å². The number of halogens is 2. The number of hydrogen-bond acceptors (Lipinski definition) is 8. The highest BCUT2D eigenvalue weighted by molar-refractivity contribution is 5.84. The summed E-state index contributed by atoms with van der Waals surface area (Å²) in [6, 6.07) is 11.0. The van der Waals surface area contributed by atoms with E-state index in [9.17, 15) is 13.6 Å². The lowest BCUT2D eigenvalue weighted by Crippen LogP contribution is -2.24. The summed E-state index contributed by atoms with van der Waals surface area (Å²) in [4.78, 5) is 28.1. The quantitative estimate of drug-likeness (QED) is 0.220. The number of hydroxylamine groups is 2. The first-order valence-electron chi connectivity index (χ1n) is 14.0. The van der Waals surface area contributed by atoms with Gasteiger partial charge in [0.2, 0.25) is 5.95 Å². The summed E-state index contributed by atoms with van der Waals surface area (Å²) in [5.74, 6) is -1.22. The van der Waals surface area contributed by atoms with E-state index in [2.05, 4.69) is 15.1 Å². The molecule has 2 atom stereocenters. The Morgan fingerprint density at radius 3 is 2.70 bits per heavy atom. The molecule has 1 fully saturated rings. The van der Waals surface area contributed by atoms with Gasteiger partial charge < -0.3 is 4.74 Å². The lowest BCUT2D eigenvalue weighted by Gasteiger charge is -2.17. The van der Waals surface area contributed by atoms with Crippen molar-refractivity contribution in [1.82, 2.24) is 34.6 Å². The summed E-state index contributed by atoms with van der Waals surface area (Å²) >= 11 is 0. The van der Waals surface area contributed by atoms with Crippen LogP contribution < -0.4 is 0 Å². The summed E-state index contributed by atoms with van der Waals surface area (Å²) in [5, 5.41) is 11.8. The van der Waals surface area contributed by atoms with E-state index in [-0.39, 0.29) is 30.4 Å². The molecule has 12 heteroatoms. The molecular formula is C31H31F2N7O3. The van der Waals surface area contributed by atoms with Gasteiger partial charge in [-0.15, -0.1) is 0 Å². The predicted octanol–water partition coefficient (Wildman–Crippen LogP) is 4.56. The molecule has 0 amide bonds. The highest BCUT2D eigenvalue weighted by Crippen LogP contribution is 2.37. The maximum atomic E-state index is 14.0. The fraction of sp³-hybridized carbons (Fsp3) is 0.323. The van der Waals surface area contributed by atoms with Crippen LogP contribution in [0.3, 0.4) is 0 Å². The summed E-state index contributed by atoms with van der Waals surface area (Å²) in [6.45, 7) is 3.38. The van der Waals surface area contributed by atoms with Crippen LogP contribution in [0, 0.1) is 24.6 Å². The zero-order valence-corrected chi connectivity index (χ0v) is 24.1. The van der Waals surface area contributed by atoms with Gasteiger partial charge in [0, 0.05) is 69.3 Å². The highest BCUT2D eigenvalue weighted by Gasteiger charge is 2.37. The molecule has 0 saturated carbocycles. The molecule has 0 spiro atoms. The molecule has 43 heavy (non-hydrogen) atoms. The van der Waals surface area contributed by atoms with Crippen LogP contribution in [0.4, 0.5) is 8.78 Å². The van der Waals surface area contributed by atoms with Crippen LogP contribution in [-0.4, -0.2) is 67.2 Å². The third kappa shape index (κ3) is 5.94. The van der Waals surface area contributed by atoms with Gasteiger partial charge in [0.15, 0.2) is 5.65 Å². The second-order valence-electron chi connectivity index (χ2n) is 10.7. The van der Waals surface area contributed by atoms with Crippen molar-refractivity contribution in [3.05, 3.63) is 89.6 Å². The molecule has 5 heterocycles. The average molecular weight is 588 g/mol. The molecule has 0 aliphatic carbocycles. The Morgan fingerprint density at radius 1 is 1.12 bits per heavy atom. The van der Waals surface area contributed by atoms with Crippen LogP contribution in [0.25, 0.3) is 28.0 Å². The van der Waals surface area contributed by atoms with E-state index < -0.39 is 12.1 Å². The zero-order valence-electron chi connectivity index (χ0n) is 24.1. The van der Waals surface area contributed by atoms with Crippen LogP contribution in [0.15, 0.2) is 61.1 Å². The lowest BCUT2D eigenvalue weighted by molar-refractivity contribution is -0.155. The van der Waals surface area contributed by atoms with Gasteiger partial charge >= 0.3 is 0 Å². The maximum absolute atomic E-state index is 14.0. The number of carbonyl (C=O) groups is 1. The largest absolute Gasteiger partial charge is 0.383 e. The number of ketones is 1. The van der Waals surface area contributed by atoms with Gasteiger partial charge in [-0.1, -0.05) is 0 Å². The number of rotatable bonds is 10. The number of ether oxygens (including phenoxy) is 1. The average Bonchev–Trinajstić information content (AvgIpc) is 3.67. The Bertz CT molecular complexity index is 1770. The molecule has 6 rings (SSSR count). The predicted molar refractivity (Wildman–Crippen MR) is 154 cm³/mol. The summed E-state index contributed by atoms with van der Waals surface area (Å²) < 4.78 is 36.4. The van der Waals surface area contributed by atoms with Gasteiger partial charge in [-0.2, -0.15) is 19.7 Å². The lowest BCUT2D eigenvalue weighted by atomic mass is 9.91. The van der Waals surface area contributed by atoms with E-state index in [1.807, 2.05) is 20.0 Å². The maximum Gasteiger partial charge on any atom is 0.213 e. The second-order valence-corrected chi connectivity index (χ2v) is 10.7. The van der Waals surface area contributed by atoms with Gasteiger partial charge in [0.25, 0.3) is 0 Å². The number of hydrogen-bond donors (Lipinski definition) is 0. The Morgan fingerprint density at radius 2 is 1.93 bits per heavy atom. The molecule has 1 aliphatic heterocycles. The number of Topliss-reactive ketones (excluding diaryl/α,β-unsaturated/α-hetero) is 1. The van der Waals surface area contributed by atoms with Crippen molar-refractivity contribution in [2.45, 2.75) is 25.9 Å². The fourth-order valence-electron chi connectivity index (χ4n) is 5.62. The number of pyridine rings is 2. The van der Waals surface area contributed by atoms with Gasteiger partial charge in [0.05, 0.1) is 29.9 Å². The molecule has 10 nitrogen and oxygen atoms in total. The van der Waals surface area contributed by atoms with Crippen molar-refractivity contribution in [1.29, 1.82) is 0 Å². The first kappa shape index (κ1) is 28.7. The summed E-state index contributed by atoms with van der Waals surface area (Å²) in [5.41, 5.74) is 4.97. The normalized spacial score (nSPS) is 17.2. The third-order valence-corrected chi connectivity index (χ3v) is 7.77. The van der Waals surface area contributed by atoms with Gasteiger partial charge in [-0.05, 0) is 60.5 Å². The van der Waals surface area contributed by atoms with Crippen LogP contribution in [0.2, 0.25) is 0 Å². The number of benzene rings is 1. The number of carbonyl (C=O) groups excluding carboxylic acids is 1. The Balaban J connectivity index is 1.31. The fourth-order valence-corrected chi connectivity index (χ4v) is 5.62. The molecule has 1 saturated heterocycles. The number of nitrogens with zero attached hydrogens (tertiary/aromatic N) is 7. The molecule has 0 unspecified atom stereocenters. The molecular weight excluding hydrogens is 556 g/mol. The molecule has 5 aromatic rings. The van der Waals surface area contributed by atoms with Crippen molar-refractivity contribution < 1.29 is 23.1 Å². The van der Waals surface area contributed by atoms with E-state index in [4.69, 9.17) is 14.7 Å². The van der Waals surface area contributed by atoms with Gasteiger partial charge in [-0.3, -0.25) is 14.3 Å². The second kappa shape index (κ2) is 12.1. The van der Waals surface area contributed by atoms with Crippen LogP contribution in [0.1, 0.15) is 29.3 Å². The van der Waals surface area contributed by atoms with Crippen molar-refractivity contribution >= 4 is 16.8 Å². The number of methoxy groups -OCH3 is 1. The van der Waals surface area contributed by atoms with Crippen LogP contribution in [0.5, 0.6) is 0 Å². The molecule has 0 N–H and O–H groups in total. The molecule has 222 valence electrons. The molecule has 4 aromatic heterocycles. The van der Waals surface area contributed by atoms with E-state index in [1.54, 1.807) is 52.1 Å². The van der Waals surface area contributed by atoms with Crippen molar-refractivity contribution in [3.63, 3.8) is 0 Å². The Labute approximate surface area is 246 Å². The zero-order chi connectivity index (χ0) is 30.1. The first-order valence-corrected chi connectivity index (χ1v) is 14.0.